The number of benzene rings is 4. The monoisotopic (exact) mass is 515 g/mol. The van der Waals surface area contributed by atoms with E-state index in [9.17, 15) is 19.7 Å². The largest absolute Gasteiger partial charge is 0.457 e. The number of para-hydroxylation sites is 3. The van der Waals surface area contributed by atoms with E-state index in [1.807, 2.05) is 24.3 Å². The van der Waals surface area contributed by atoms with Crippen LogP contribution in [0, 0.1) is 10.1 Å². The summed E-state index contributed by atoms with van der Waals surface area (Å²) in [5, 5.41) is 11.3. The lowest BCUT2D eigenvalue weighted by molar-refractivity contribution is -0.385. The van der Waals surface area contributed by atoms with Gasteiger partial charge in [-0.1, -0.05) is 54.1 Å². The van der Waals surface area contributed by atoms with Crippen molar-refractivity contribution in [1.29, 1.82) is 0 Å². The maximum atomic E-state index is 13.1. The second-order valence-electron chi connectivity index (χ2n) is 8.11. The van der Waals surface area contributed by atoms with Gasteiger partial charge in [0.1, 0.15) is 23.2 Å². The topological polar surface area (TPSA) is 105 Å². The van der Waals surface area contributed by atoms with Gasteiger partial charge in [-0.3, -0.25) is 19.7 Å². The molecule has 0 bridgehead atoms. The molecule has 0 aromatic heterocycles. The van der Waals surface area contributed by atoms with Crippen LogP contribution in [-0.2, 0) is 9.53 Å². The molecule has 1 aliphatic heterocycles. The number of ether oxygens (including phenoxy) is 3. The zero-order chi connectivity index (χ0) is 25.9. The molecule has 4 aromatic carbocycles. The molecule has 4 aromatic rings. The molecule has 0 unspecified atom stereocenters. The van der Waals surface area contributed by atoms with Gasteiger partial charge in [0.25, 0.3) is 0 Å². The van der Waals surface area contributed by atoms with Gasteiger partial charge in [-0.05, 0) is 42.5 Å². The summed E-state index contributed by atoms with van der Waals surface area (Å²) in [4.78, 5) is 36.5. The summed E-state index contributed by atoms with van der Waals surface area (Å²) in [5.74, 6) is -0.442. The van der Waals surface area contributed by atoms with Crippen LogP contribution in [0.1, 0.15) is 27.4 Å². The Bertz CT molecular complexity index is 1470. The highest BCUT2D eigenvalue weighted by atomic mass is 35.5. The fourth-order valence-corrected chi connectivity index (χ4v) is 4.24. The number of hydrogen-bond donors (Lipinski definition) is 0. The minimum Gasteiger partial charge on any atom is -0.457 e. The zero-order valence-electron chi connectivity index (χ0n) is 19.1. The van der Waals surface area contributed by atoms with E-state index in [2.05, 4.69) is 0 Å². The van der Waals surface area contributed by atoms with Gasteiger partial charge in [0.15, 0.2) is 12.4 Å². The van der Waals surface area contributed by atoms with Gasteiger partial charge in [0.05, 0.1) is 9.95 Å². The molecular weight excluding hydrogens is 498 g/mol. The van der Waals surface area contributed by atoms with E-state index in [4.69, 9.17) is 25.8 Å². The van der Waals surface area contributed by atoms with Crippen LogP contribution in [0.5, 0.6) is 23.0 Å². The number of ketones is 1. The van der Waals surface area contributed by atoms with Crippen molar-refractivity contribution in [3.63, 3.8) is 0 Å². The Kier molecular flexibility index (Phi) is 6.57. The number of nitro benzene ring substituents is 1. The summed E-state index contributed by atoms with van der Waals surface area (Å²) in [7, 11) is 0. The molecule has 1 aliphatic rings. The number of fused-ring (bicyclic) bond motifs is 2. The van der Waals surface area contributed by atoms with Gasteiger partial charge >= 0.3 is 11.7 Å². The van der Waals surface area contributed by atoms with Gasteiger partial charge in [0.2, 0.25) is 5.75 Å². The average molecular weight is 516 g/mol. The zero-order valence-corrected chi connectivity index (χ0v) is 19.9. The Morgan fingerprint density at radius 3 is 2.11 bits per heavy atom. The van der Waals surface area contributed by atoms with Gasteiger partial charge < -0.3 is 14.2 Å². The Morgan fingerprint density at radius 2 is 1.49 bits per heavy atom. The first kappa shape index (κ1) is 24.0. The number of carbonyl (C=O) groups excluding carboxylic acids is 2. The highest BCUT2D eigenvalue weighted by Gasteiger charge is 2.34. The number of Topliss-reactive ketones (excluding diaryl/α,β-unsaturated/α-hetero) is 1. The molecule has 184 valence electrons. The summed E-state index contributed by atoms with van der Waals surface area (Å²) in [6, 6.07) is 24.5. The van der Waals surface area contributed by atoms with Crippen molar-refractivity contribution < 1.29 is 28.7 Å². The summed E-state index contributed by atoms with van der Waals surface area (Å²) in [6.45, 7) is -0.462. The number of nitrogens with zero attached hydrogens (tertiary/aromatic N) is 1. The van der Waals surface area contributed by atoms with E-state index in [-0.39, 0.29) is 27.8 Å². The summed E-state index contributed by atoms with van der Waals surface area (Å²) >= 11 is 6.06. The lowest BCUT2D eigenvalue weighted by Gasteiger charge is -2.26. The Balaban J connectivity index is 1.28. The minimum absolute atomic E-state index is 0.0810. The molecule has 1 heterocycles. The smallest absolute Gasteiger partial charge is 0.318 e. The van der Waals surface area contributed by atoms with E-state index in [0.29, 0.717) is 22.6 Å². The summed E-state index contributed by atoms with van der Waals surface area (Å²) in [6.07, 6.45) is 0. The molecule has 0 atom stereocenters. The Hall–Kier alpha value is -4.69. The number of nitro groups is 1. The van der Waals surface area contributed by atoms with Crippen molar-refractivity contribution in [3.8, 4) is 23.0 Å². The van der Waals surface area contributed by atoms with Crippen molar-refractivity contribution >= 4 is 29.0 Å². The predicted molar refractivity (Wildman–Crippen MR) is 135 cm³/mol. The van der Waals surface area contributed by atoms with E-state index >= 15 is 0 Å². The fraction of sp³-hybridized carbons (Fsp3) is 0.0714. The van der Waals surface area contributed by atoms with Crippen molar-refractivity contribution in [1.82, 2.24) is 0 Å². The molecule has 37 heavy (non-hydrogen) atoms. The van der Waals surface area contributed by atoms with Gasteiger partial charge in [-0.25, -0.2) is 0 Å². The second-order valence-corrected chi connectivity index (χ2v) is 8.52. The van der Waals surface area contributed by atoms with Crippen LogP contribution in [0.25, 0.3) is 0 Å². The van der Waals surface area contributed by atoms with Crippen LogP contribution in [-0.4, -0.2) is 23.3 Å². The third-order valence-corrected chi connectivity index (χ3v) is 6.10. The van der Waals surface area contributed by atoms with Crippen molar-refractivity contribution in [2.75, 3.05) is 6.61 Å². The van der Waals surface area contributed by atoms with Gasteiger partial charge in [0, 0.05) is 22.8 Å². The highest BCUT2D eigenvalue weighted by Crippen LogP contribution is 2.44. The number of halogens is 1. The van der Waals surface area contributed by atoms with Crippen LogP contribution >= 0.6 is 11.6 Å². The van der Waals surface area contributed by atoms with Crippen LogP contribution < -0.4 is 9.47 Å². The summed E-state index contributed by atoms with van der Waals surface area (Å²) in [5.41, 5.74) is 1.32. The first-order valence-corrected chi connectivity index (χ1v) is 11.6. The number of rotatable bonds is 7. The average Bonchev–Trinajstić information content (AvgIpc) is 2.91. The minimum atomic E-state index is -0.726. The van der Waals surface area contributed by atoms with Gasteiger partial charge in [-0.15, -0.1) is 0 Å². The van der Waals surface area contributed by atoms with E-state index < -0.39 is 29.2 Å². The molecule has 9 heteroatoms. The quantitative estimate of drug-likeness (QED) is 0.117. The normalized spacial score (nSPS) is 12.0. The molecule has 0 aliphatic carbocycles. The van der Waals surface area contributed by atoms with Crippen molar-refractivity contribution in [2.45, 2.75) is 5.92 Å². The molecule has 0 radical (unpaired) electrons. The molecule has 0 fully saturated rings. The molecule has 5 rings (SSSR count). The highest BCUT2D eigenvalue weighted by molar-refractivity contribution is 6.32. The van der Waals surface area contributed by atoms with Crippen molar-refractivity contribution in [3.05, 3.63) is 123 Å². The predicted octanol–water partition coefficient (Wildman–Crippen LogP) is 6.70. The molecule has 0 spiro atoms. The van der Waals surface area contributed by atoms with Gasteiger partial charge in [-0.2, -0.15) is 0 Å². The maximum absolute atomic E-state index is 13.1. The molecule has 0 amide bonds. The Labute approximate surface area is 216 Å². The first-order valence-electron chi connectivity index (χ1n) is 11.2. The third kappa shape index (κ3) is 4.87. The lowest BCUT2D eigenvalue weighted by atomic mass is 9.88. The van der Waals surface area contributed by atoms with Crippen LogP contribution in [0.2, 0.25) is 5.02 Å². The molecule has 0 N–H and O–H groups in total. The Morgan fingerprint density at radius 1 is 0.865 bits per heavy atom. The summed E-state index contributed by atoms with van der Waals surface area (Å²) < 4.78 is 16.9. The van der Waals surface area contributed by atoms with E-state index in [0.717, 1.165) is 0 Å². The molecule has 8 nitrogen and oxygen atoms in total. The SMILES string of the molecule is O=C(COC(=O)C1c2ccccc2Oc2ccccc21)c1ccc(Oc2c(Cl)cccc2[N+](=O)[O-])cc1. The van der Waals surface area contributed by atoms with E-state index in [1.165, 1.54) is 42.5 Å². The first-order chi connectivity index (χ1) is 17.9. The molecular formula is C28H18ClNO7. The van der Waals surface area contributed by atoms with Crippen molar-refractivity contribution in [2.24, 2.45) is 0 Å². The van der Waals surface area contributed by atoms with Crippen LogP contribution in [0.3, 0.4) is 0 Å². The van der Waals surface area contributed by atoms with Crippen LogP contribution in [0.4, 0.5) is 5.69 Å². The number of esters is 1. The van der Waals surface area contributed by atoms with E-state index in [1.54, 1.807) is 24.3 Å². The molecule has 0 saturated heterocycles. The third-order valence-electron chi connectivity index (χ3n) is 5.80. The fourth-order valence-electron chi connectivity index (χ4n) is 4.04. The maximum Gasteiger partial charge on any atom is 0.318 e. The van der Waals surface area contributed by atoms with Crippen LogP contribution in [0.15, 0.2) is 91.0 Å². The number of carbonyl (C=O) groups is 2. The second kappa shape index (κ2) is 10.1. The number of hydrogen-bond acceptors (Lipinski definition) is 7. The lowest BCUT2D eigenvalue weighted by Crippen LogP contribution is -2.23. The standard InChI is InChI=1S/C28H18ClNO7/c29-21-8-5-9-22(30(33)34)27(21)36-18-14-12-17(13-15-18)23(31)16-35-28(32)26-19-6-1-3-10-24(19)37-25-11-4-2-7-20(25)26/h1-15,26H,16H2. The molecule has 0 saturated carbocycles.